The van der Waals surface area contributed by atoms with Crippen LogP contribution in [-0.2, 0) is 11.4 Å². The third-order valence-corrected chi connectivity index (χ3v) is 3.83. The Hall–Kier alpha value is -3.67. The second-order valence-electron chi connectivity index (χ2n) is 6.00. The third kappa shape index (κ3) is 6.25. The van der Waals surface area contributed by atoms with Crippen molar-refractivity contribution in [3.63, 3.8) is 0 Å². The summed E-state index contributed by atoms with van der Waals surface area (Å²) >= 11 is 0. The van der Waals surface area contributed by atoms with E-state index in [-0.39, 0.29) is 18.3 Å². The molecule has 3 rings (SSSR count). The van der Waals surface area contributed by atoms with E-state index in [1.807, 2.05) is 54.6 Å². The predicted molar refractivity (Wildman–Crippen MR) is 108 cm³/mol. The number of ether oxygens (including phenoxy) is 1. The standard InChI is InChI=1S/C22H20FN3O2/c23-19-10-6-18(7-11-19)16-28-21-12-8-17(9-13-21)14-25-26-22(27)15-24-20-4-2-1-3-5-20/h1-14,24H,15-16H2,(H,26,27)/b25-14+. The highest BCUT2D eigenvalue weighted by Gasteiger charge is 2.00. The van der Waals surface area contributed by atoms with Crippen LogP contribution in [0.5, 0.6) is 5.75 Å². The van der Waals surface area contributed by atoms with E-state index in [9.17, 15) is 9.18 Å². The minimum absolute atomic E-state index is 0.136. The van der Waals surface area contributed by atoms with Gasteiger partial charge < -0.3 is 10.1 Å². The quantitative estimate of drug-likeness (QED) is 0.461. The zero-order valence-electron chi connectivity index (χ0n) is 15.1. The van der Waals surface area contributed by atoms with Crippen molar-refractivity contribution in [3.8, 4) is 5.75 Å². The number of nitrogens with zero attached hydrogens (tertiary/aromatic N) is 1. The van der Waals surface area contributed by atoms with E-state index in [4.69, 9.17) is 4.74 Å². The monoisotopic (exact) mass is 377 g/mol. The summed E-state index contributed by atoms with van der Waals surface area (Å²) < 4.78 is 18.5. The van der Waals surface area contributed by atoms with Gasteiger partial charge in [-0.3, -0.25) is 4.79 Å². The van der Waals surface area contributed by atoms with Crippen molar-refractivity contribution in [3.05, 3.63) is 95.8 Å². The lowest BCUT2D eigenvalue weighted by atomic mass is 10.2. The smallest absolute Gasteiger partial charge is 0.259 e. The van der Waals surface area contributed by atoms with Crippen molar-refractivity contribution in [1.29, 1.82) is 0 Å². The molecule has 0 aromatic heterocycles. The van der Waals surface area contributed by atoms with E-state index in [1.54, 1.807) is 18.3 Å². The molecule has 5 nitrogen and oxygen atoms in total. The van der Waals surface area contributed by atoms with Crippen LogP contribution in [0, 0.1) is 5.82 Å². The highest BCUT2D eigenvalue weighted by molar-refractivity contribution is 5.84. The summed E-state index contributed by atoms with van der Waals surface area (Å²) in [4.78, 5) is 11.8. The van der Waals surface area contributed by atoms with Crippen LogP contribution in [0.15, 0.2) is 84.0 Å². The SMILES string of the molecule is O=C(CNc1ccccc1)N/N=C/c1ccc(OCc2ccc(F)cc2)cc1. The largest absolute Gasteiger partial charge is 0.489 e. The van der Waals surface area contributed by atoms with Gasteiger partial charge in [-0.05, 0) is 59.7 Å². The number of carbonyl (C=O) groups is 1. The van der Waals surface area contributed by atoms with E-state index in [0.717, 1.165) is 16.8 Å². The first kappa shape index (κ1) is 19.1. The van der Waals surface area contributed by atoms with Gasteiger partial charge in [0.05, 0.1) is 12.8 Å². The molecule has 6 heteroatoms. The van der Waals surface area contributed by atoms with Gasteiger partial charge in [0.1, 0.15) is 18.2 Å². The Bertz CT molecular complexity index is 911. The molecule has 0 aliphatic rings. The van der Waals surface area contributed by atoms with Gasteiger partial charge in [0.25, 0.3) is 5.91 Å². The summed E-state index contributed by atoms with van der Waals surface area (Å²) in [5, 5.41) is 6.95. The second-order valence-corrected chi connectivity index (χ2v) is 6.00. The molecule has 0 radical (unpaired) electrons. The normalized spacial score (nSPS) is 10.6. The molecule has 0 saturated carbocycles. The summed E-state index contributed by atoms with van der Waals surface area (Å²) in [7, 11) is 0. The Balaban J connectivity index is 1.41. The number of hydrogen-bond acceptors (Lipinski definition) is 4. The number of amides is 1. The fourth-order valence-corrected chi connectivity index (χ4v) is 2.35. The summed E-state index contributed by atoms with van der Waals surface area (Å²) in [6, 6.07) is 22.9. The van der Waals surface area contributed by atoms with Gasteiger partial charge in [-0.1, -0.05) is 30.3 Å². The van der Waals surface area contributed by atoms with Gasteiger partial charge in [-0.25, -0.2) is 9.82 Å². The summed E-state index contributed by atoms with van der Waals surface area (Å²) in [5.41, 5.74) is 5.06. The molecule has 0 heterocycles. The Morgan fingerprint density at radius 2 is 1.68 bits per heavy atom. The molecule has 0 bridgehead atoms. The number of hydrazone groups is 1. The fourth-order valence-electron chi connectivity index (χ4n) is 2.35. The molecule has 0 aliphatic carbocycles. The first-order valence-corrected chi connectivity index (χ1v) is 8.77. The van der Waals surface area contributed by atoms with E-state index in [2.05, 4.69) is 15.8 Å². The lowest BCUT2D eigenvalue weighted by Gasteiger charge is -2.06. The number of hydrogen-bond donors (Lipinski definition) is 2. The minimum Gasteiger partial charge on any atom is -0.489 e. The van der Waals surface area contributed by atoms with Crippen LogP contribution < -0.4 is 15.5 Å². The second kappa shape index (κ2) is 9.87. The van der Waals surface area contributed by atoms with Crippen molar-refractivity contribution in [1.82, 2.24) is 5.43 Å². The molecule has 0 saturated heterocycles. The fraction of sp³-hybridized carbons (Fsp3) is 0.0909. The summed E-state index contributed by atoms with van der Waals surface area (Å²) in [6.07, 6.45) is 1.56. The maximum absolute atomic E-state index is 12.9. The van der Waals surface area contributed by atoms with Crippen molar-refractivity contribution >= 4 is 17.8 Å². The average molecular weight is 377 g/mol. The zero-order chi connectivity index (χ0) is 19.6. The number of halogens is 1. The average Bonchev–Trinajstić information content (AvgIpc) is 2.73. The molecule has 1 amide bonds. The predicted octanol–water partition coefficient (Wildman–Crippen LogP) is 3.97. The number of rotatable bonds is 8. The number of benzene rings is 3. The highest BCUT2D eigenvalue weighted by Crippen LogP contribution is 2.14. The molecule has 0 spiro atoms. The van der Waals surface area contributed by atoms with Gasteiger partial charge in [0.15, 0.2) is 0 Å². The number of anilines is 1. The van der Waals surface area contributed by atoms with Gasteiger partial charge in [-0.2, -0.15) is 5.10 Å². The minimum atomic E-state index is -0.268. The van der Waals surface area contributed by atoms with E-state index >= 15 is 0 Å². The molecule has 0 unspecified atom stereocenters. The van der Waals surface area contributed by atoms with Gasteiger partial charge in [0.2, 0.25) is 0 Å². The number of carbonyl (C=O) groups excluding carboxylic acids is 1. The molecule has 28 heavy (non-hydrogen) atoms. The first-order chi connectivity index (χ1) is 13.7. The van der Waals surface area contributed by atoms with Crippen molar-refractivity contribution < 1.29 is 13.9 Å². The van der Waals surface area contributed by atoms with Crippen LogP contribution in [0.1, 0.15) is 11.1 Å². The van der Waals surface area contributed by atoms with Crippen molar-refractivity contribution in [2.45, 2.75) is 6.61 Å². The van der Waals surface area contributed by atoms with Gasteiger partial charge in [-0.15, -0.1) is 0 Å². The van der Waals surface area contributed by atoms with Crippen molar-refractivity contribution in [2.24, 2.45) is 5.10 Å². The number of para-hydroxylation sites is 1. The van der Waals surface area contributed by atoms with E-state index in [1.165, 1.54) is 12.1 Å². The molecular weight excluding hydrogens is 357 g/mol. The zero-order valence-corrected chi connectivity index (χ0v) is 15.1. The maximum atomic E-state index is 12.9. The van der Waals surface area contributed by atoms with Gasteiger partial charge >= 0.3 is 0 Å². The van der Waals surface area contributed by atoms with Crippen LogP contribution in [0.3, 0.4) is 0 Å². The Morgan fingerprint density at radius 1 is 0.964 bits per heavy atom. The molecule has 3 aromatic rings. The molecule has 0 atom stereocenters. The third-order valence-electron chi connectivity index (χ3n) is 3.83. The Kier molecular flexibility index (Phi) is 6.73. The first-order valence-electron chi connectivity index (χ1n) is 8.77. The molecule has 0 aliphatic heterocycles. The van der Waals surface area contributed by atoms with Crippen molar-refractivity contribution in [2.75, 3.05) is 11.9 Å². The van der Waals surface area contributed by atoms with E-state index < -0.39 is 0 Å². The van der Waals surface area contributed by atoms with Crippen LogP contribution in [0.2, 0.25) is 0 Å². The highest BCUT2D eigenvalue weighted by atomic mass is 19.1. The lowest BCUT2D eigenvalue weighted by molar-refractivity contribution is -0.119. The van der Waals surface area contributed by atoms with E-state index in [0.29, 0.717) is 12.4 Å². The van der Waals surface area contributed by atoms with Crippen LogP contribution in [-0.4, -0.2) is 18.7 Å². The topological polar surface area (TPSA) is 62.7 Å². The Morgan fingerprint density at radius 3 is 2.39 bits per heavy atom. The summed E-state index contributed by atoms with van der Waals surface area (Å²) in [6.45, 7) is 0.496. The summed E-state index contributed by atoms with van der Waals surface area (Å²) in [5.74, 6) is 0.187. The van der Waals surface area contributed by atoms with Crippen LogP contribution in [0.25, 0.3) is 0 Å². The number of nitrogens with one attached hydrogen (secondary N) is 2. The Labute approximate surface area is 162 Å². The maximum Gasteiger partial charge on any atom is 0.259 e. The molecule has 142 valence electrons. The molecule has 2 N–H and O–H groups in total. The molecule has 3 aromatic carbocycles. The van der Waals surface area contributed by atoms with Crippen LogP contribution in [0.4, 0.5) is 10.1 Å². The molecular formula is C22H20FN3O2. The lowest BCUT2D eigenvalue weighted by Crippen LogP contribution is -2.25. The van der Waals surface area contributed by atoms with Crippen LogP contribution >= 0.6 is 0 Å². The molecule has 0 fully saturated rings. The van der Waals surface area contributed by atoms with Gasteiger partial charge in [0, 0.05) is 5.69 Å².